The summed E-state index contributed by atoms with van der Waals surface area (Å²) < 4.78 is 11.4. The third kappa shape index (κ3) is 4.63. The first-order chi connectivity index (χ1) is 12.2. The molecule has 134 valence electrons. The van der Waals surface area contributed by atoms with Crippen LogP contribution < -0.4 is 20.1 Å². The number of aryl methyl sites for hydroxylation is 2. The van der Waals surface area contributed by atoms with Crippen LogP contribution in [0.4, 0.5) is 5.69 Å². The lowest BCUT2D eigenvalue weighted by molar-refractivity contribution is 0.297. The highest BCUT2D eigenvalue weighted by Gasteiger charge is 2.11. The summed E-state index contributed by atoms with van der Waals surface area (Å²) >= 11 is 1.69. The number of hydrogen-bond acceptors (Lipinski definition) is 5. The maximum Gasteiger partial charge on any atom is 0.196 e. The Morgan fingerprint density at radius 1 is 1.24 bits per heavy atom. The van der Waals surface area contributed by atoms with Crippen molar-refractivity contribution in [3.05, 3.63) is 33.8 Å². The van der Waals surface area contributed by atoms with E-state index < -0.39 is 0 Å². The highest BCUT2D eigenvalue weighted by atomic mass is 32.1. The summed E-state index contributed by atoms with van der Waals surface area (Å²) in [7, 11) is 0. The molecule has 1 aromatic heterocycles. The van der Waals surface area contributed by atoms with Gasteiger partial charge < -0.3 is 20.1 Å². The molecule has 2 heterocycles. The quantitative estimate of drug-likeness (QED) is 0.645. The number of fused-ring (bicyclic) bond motifs is 1. The van der Waals surface area contributed by atoms with Crippen molar-refractivity contribution >= 4 is 23.0 Å². The molecule has 1 aliphatic heterocycles. The van der Waals surface area contributed by atoms with Crippen LogP contribution in [0.15, 0.2) is 23.2 Å². The van der Waals surface area contributed by atoms with Gasteiger partial charge in [0.15, 0.2) is 17.5 Å². The van der Waals surface area contributed by atoms with Crippen molar-refractivity contribution in [3.8, 4) is 11.5 Å². The number of guanidine groups is 1. The fraction of sp³-hybridized carbons (Fsp3) is 0.444. The second kappa shape index (κ2) is 8.20. The number of nitrogens with one attached hydrogen (secondary N) is 2. The molecule has 2 aromatic rings. The van der Waals surface area contributed by atoms with Crippen LogP contribution in [0.3, 0.4) is 0 Å². The van der Waals surface area contributed by atoms with Gasteiger partial charge in [-0.2, -0.15) is 0 Å². The number of nitrogens with zero attached hydrogens (tertiary/aromatic N) is 2. The van der Waals surface area contributed by atoms with Gasteiger partial charge in [-0.15, -0.1) is 11.3 Å². The Bertz CT molecular complexity index is 738. The van der Waals surface area contributed by atoms with Gasteiger partial charge in [-0.05, 0) is 32.9 Å². The van der Waals surface area contributed by atoms with Gasteiger partial charge in [0, 0.05) is 29.6 Å². The molecule has 0 amide bonds. The lowest BCUT2D eigenvalue weighted by Gasteiger charge is -2.13. The normalized spacial score (nSPS) is 14.1. The molecule has 0 bridgehead atoms. The molecule has 0 fully saturated rings. The number of aliphatic imine (C=N–C) groups is 1. The summed E-state index contributed by atoms with van der Waals surface area (Å²) in [5.74, 6) is 2.28. The van der Waals surface area contributed by atoms with Crippen molar-refractivity contribution in [1.29, 1.82) is 0 Å². The summed E-state index contributed by atoms with van der Waals surface area (Å²) in [6.45, 7) is 8.86. The second-order valence-corrected chi connectivity index (χ2v) is 7.07. The van der Waals surface area contributed by atoms with E-state index >= 15 is 0 Å². The third-order valence-electron chi connectivity index (χ3n) is 3.80. The summed E-state index contributed by atoms with van der Waals surface area (Å²) in [5, 5.41) is 7.60. The molecule has 0 saturated heterocycles. The Hall–Kier alpha value is -2.28. The van der Waals surface area contributed by atoms with Crippen molar-refractivity contribution in [2.45, 2.75) is 33.7 Å². The molecule has 0 unspecified atom stereocenters. The molecule has 1 aliphatic rings. The fourth-order valence-corrected chi connectivity index (χ4v) is 3.30. The molecule has 25 heavy (non-hydrogen) atoms. The smallest absolute Gasteiger partial charge is 0.196 e. The van der Waals surface area contributed by atoms with E-state index in [9.17, 15) is 0 Å². The topological polar surface area (TPSA) is 67.8 Å². The molecule has 0 spiro atoms. The van der Waals surface area contributed by atoms with Gasteiger partial charge in [0.05, 0.1) is 25.5 Å². The monoisotopic (exact) mass is 360 g/mol. The first-order valence-corrected chi connectivity index (χ1v) is 9.35. The Labute approximate surface area is 152 Å². The van der Waals surface area contributed by atoms with Gasteiger partial charge in [-0.3, -0.25) is 0 Å². The average molecular weight is 360 g/mol. The SMILES string of the molecule is CCNC(=NCc1nc(C)c(C)s1)Nc1ccc2c(c1)OCCCO2. The molecular formula is C18H24N4O2S. The van der Waals surface area contributed by atoms with E-state index in [0.717, 1.165) is 46.8 Å². The minimum Gasteiger partial charge on any atom is -0.490 e. The molecule has 7 heteroatoms. The van der Waals surface area contributed by atoms with E-state index in [1.165, 1.54) is 4.88 Å². The van der Waals surface area contributed by atoms with Crippen LogP contribution in [-0.4, -0.2) is 30.7 Å². The maximum absolute atomic E-state index is 5.74. The highest BCUT2D eigenvalue weighted by molar-refractivity contribution is 7.11. The van der Waals surface area contributed by atoms with Crippen molar-refractivity contribution in [3.63, 3.8) is 0 Å². The molecule has 2 N–H and O–H groups in total. The van der Waals surface area contributed by atoms with Gasteiger partial charge in [-0.1, -0.05) is 0 Å². The zero-order valence-electron chi connectivity index (χ0n) is 14.9. The third-order valence-corrected chi connectivity index (χ3v) is 4.86. The number of ether oxygens (including phenoxy) is 2. The lowest BCUT2D eigenvalue weighted by Crippen LogP contribution is -2.30. The first kappa shape index (κ1) is 17.5. The largest absolute Gasteiger partial charge is 0.490 e. The number of rotatable bonds is 4. The van der Waals surface area contributed by atoms with Crippen LogP contribution in [0.2, 0.25) is 0 Å². The predicted molar refractivity (Wildman–Crippen MR) is 102 cm³/mol. The van der Waals surface area contributed by atoms with E-state index in [0.29, 0.717) is 19.8 Å². The molecule has 0 atom stereocenters. The minimum atomic E-state index is 0.555. The zero-order valence-corrected chi connectivity index (χ0v) is 15.7. The van der Waals surface area contributed by atoms with Crippen LogP contribution in [0, 0.1) is 13.8 Å². The van der Waals surface area contributed by atoms with Gasteiger partial charge in [-0.25, -0.2) is 9.98 Å². The van der Waals surface area contributed by atoms with Crippen LogP contribution in [0.25, 0.3) is 0 Å². The van der Waals surface area contributed by atoms with E-state index in [4.69, 9.17) is 9.47 Å². The molecule has 6 nitrogen and oxygen atoms in total. The molecular weight excluding hydrogens is 336 g/mol. The number of anilines is 1. The van der Waals surface area contributed by atoms with Crippen LogP contribution >= 0.6 is 11.3 Å². The predicted octanol–water partition coefficient (Wildman–Crippen LogP) is 3.50. The summed E-state index contributed by atoms with van der Waals surface area (Å²) in [4.78, 5) is 10.4. The summed E-state index contributed by atoms with van der Waals surface area (Å²) in [6.07, 6.45) is 0.897. The Balaban J connectivity index is 1.72. The maximum atomic E-state index is 5.74. The molecule has 0 aliphatic carbocycles. The van der Waals surface area contributed by atoms with Gasteiger partial charge in [0.2, 0.25) is 0 Å². The fourth-order valence-electron chi connectivity index (χ4n) is 2.44. The number of hydrogen-bond donors (Lipinski definition) is 2. The van der Waals surface area contributed by atoms with Crippen LogP contribution in [0.5, 0.6) is 11.5 Å². The molecule has 0 saturated carbocycles. The second-order valence-electron chi connectivity index (χ2n) is 5.78. The molecule has 0 radical (unpaired) electrons. The number of benzene rings is 1. The number of thiazole rings is 1. The van der Waals surface area contributed by atoms with Crippen molar-refractivity contribution in [1.82, 2.24) is 10.3 Å². The number of aromatic nitrogens is 1. The average Bonchev–Trinajstić information content (AvgIpc) is 2.79. The van der Waals surface area contributed by atoms with Crippen molar-refractivity contribution in [2.24, 2.45) is 4.99 Å². The van der Waals surface area contributed by atoms with Crippen LogP contribution in [0.1, 0.15) is 28.9 Å². The van der Waals surface area contributed by atoms with E-state index in [2.05, 4.69) is 27.5 Å². The highest BCUT2D eigenvalue weighted by Crippen LogP contribution is 2.32. The first-order valence-electron chi connectivity index (χ1n) is 8.53. The van der Waals surface area contributed by atoms with Gasteiger partial charge >= 0.3 is 0 Å². The molecule has 3 rings (SSSR count). The van der Waals surface area contributed by atoms with E-state index in [-0.39, 0.29) is 0 Å². The Morgan fingerprint density at radius 3 is 2.76 bits per heavy atom. The van der Waals surface area contributed by atoms with Crippen molar-refractivity contribution in [2.75, 3.05) is 25.1 Å². The Morgan fingerprint density at radius 2 is 2.04 bits per heavy atom. The van der Waals surface area contributed by atoms with Crippen molar-refractivity contribution < 1.29 is 9.47 Å². The summed E-state index contributed by atoms with van der Waals surface area (Å²) in [5.41, 5.74) is 1.99. The van der Waals surface area contributed by atoms with Crippen LogP contribution in [-0.2, 0) is 6.54 Å². The van der Waals surface area contributed by atoms with Gasteiger partial charge in [0.1, 0.15) is 5.01 Å². The lowest BCUT2D eigenvalue weighted by atomic mass is 10.3. The van der Waals surface area contributed by atoms with E-state index in [1.54, 1.807) is 11.3 Å². The minimum absolute atomic E-state index is 0.555. The standard InChI is InChI=1S/C18H24N4O2S/c1-4-19-18(20-11-17-21-12(2)13(3)25-17)22-14-6-7-15-16(10-14)24-9-5-8-23-15/h6-7,10H,4-5,8-9,11H2,1-3H3,(H2,19,20,22). The Kier molecular flexibility index (Phi) is 5.75. The zero-order chi connectivity index (χ0) is 17.6. The molecule has 1 aromatic carbocycles. The summed E-state index contributed by atoms with van der Waals surface area (Å²) in [6, 6.07) is 5.85. The van der Waals surface area contributed by atoms with E-state index in [1.807, 2.05) is 32.0 Å². The van der Waals surface area contributed by atoms with Gasteiger partial charge in [0.25, 0.3) is 0 Å².